The van der Waals surface area contributed by atoms with Crippen molar-refractivity contribution in [2.75, 3.05) is 0 Å². The molecule has 0 N–H and O–H groups in total. The average molecular weight is 610 g/mol. The summed E-state index contributed by atoms with van der Waals surface area (Å²) in [5.74, 6) is 1.11. The first-order chi connectivity index (χ1) is 15.9. The van der Waals surface area contributed by atoms with Gasteiger partial charge in [-0.25, -0.2) is 4.98 Å². The molecule has 0 radical (unpaired) electrons. The summed E-state index contributed by atoms with van der Waals surface area (Å²) in [7, 11) is 0. The van der Waals surface area contributed by atoms with Crippen molar-refractivity contribution >= 4 is 72.2 Å². The van der Waals surface area contributed by atoms with E-state index < -0.39 is 0 Å². The van der Waals surface area contributed by atoms with Gasteiger partial charge in [0.05, 0.1) is 21.6 Å². The van der Waals surface area contributed by atoms with Crippen LogP contribution in [-0.4, -0.2) is 15.9 Å². The Labute approximate surface area is 217 Å². The summed E-state index contributed by atoms with van der Waals surface area (Å²) in [6, 6.07) is 16.3. The summed E-state index contributed by atoms with van der Waals surface area (Å²) >= 11 is 19.2. The van der Waals surface area contributed by atoms with Crippen molar-refractivity contribution in [2.24, 2.45) is 5.10 Å². The molecule has 0 fully saturated rings. The summed E-state index contributed by atoms with van der Waals surface area (Å²) in [6.07, 6.45) is 2.09. The molecular weight excluding hydrogens is 593 g/mol. The Balaban J connectivity index is 1.73. The fourth-order valence-electron chi connectivity index (χ4n) is 3.23. The van der Waals surface area contributed by atoms with Crippen molar-refractivity contribution in [3.8, 4) is 5.75 Å². The molecular formula is C24H17Br2Cl2N3O2. The molecule has 0 aliphatic heterocycles. The Morgan fingerprint density at radius 3 is 2.55 bits per heavy atom. The number of rotatable bonds is 6. The van der Waals surface area contributed by atoms with E-state index in [1.54, 1.807) is 24.4 Å². The maximum atomic E-state index is 13.1. The van der Waals surface area contributed by atoms with E-state index in [0.717, 1.165) is 10.0 Å². The highest BCUT2D eigenvalue weighted by molar-refractivity contribution is 9.10. The van der Waals surface area contributed by atoms with Gasteiger partial charge < -0.3 is 4.74 Å². The van der Waals surface area contributed by atoms with Crippen molar-refractivity contribution in [3.63, 3.8) is 0 Å². The van der Waals surface area contributed by atoms with Gasteiger partial charge in [0.15, 0.2) is 0 Å². The number of benzene rings is 3. The lowest BCUT2D eigenvalue weighted by atomic mass is 10.2. The smallest absolute Gasteiger partial charge is 0.282 e. The van der Waals surface area contributed by atoms with Crippen molar-refractivity contribution < 1.29 is 4.74 Å². The lowest BCUT2D eigenvalue weighted by molar-refractivity contribution is 0.304. The molecule has 5 nitrogen and oxygen atoms in total. The van der Waals surface area contributed by atoms with Crippen LogP contribution in [0.1, 0.15) is 23.9 Å². The molecule has 0 unspecified atom stereocenters. The minimum atomic E-state index is -0.251. The molecule has 4 aromatic rings. The Bertz CT molecular complexity index is 1420. The minimum Gasteiger partial charge on any atom is -0.487 e. The largest absolute Gasteiger partial charge is 0.487 e. The van der Waals surface area contributed by atoms with Crippen LogP contribution in [0.25, 0.3) is 10.9 Å². The van der Waals surface area contributed by atoms with Crippen LogP contribution in [0.5, 0.6) is 5.75 Å². The van der Waals surface area contributed by atoms with E-state index in [9.17, 15) is 4.79 Å². The van der Waals surface area contributed by atoms with Crippen LogP contribution < -0.4 is 10.3 Å². The van der Waals surface area contributed by atoms with Crippen molar-refractivity contribution in [1.82, 2.24) is 9.66 Å². The number of fused-ring (bicyclic) bond motifs is 1. The molecule has 0 atom stereocenters. The fraction of sp³-hybridized carbons (Fsp3) is 0.125. The zero-order valence-electron chi connectivity index (χ0n) is 17.4. The zero-order valence-corrected chi connectivity index (χ0v) is 22.0. The molecule has 0 aliphatic rings. The van der Waals surface area contributed by atoms with Crippen LogP contribution in [-0.2, 0) is 13.0 Å². The second-order valence-electron chi connectivity index (χ2n) is 7.13. The van der Waals surface area contributed by atoms with Crippen LogP contribution in [0.4, 0.5) is 0 Å². The highest BCUT2D eigenvalue weighted by Crippen LogP contribution is 2.32. The average Bonchev–Trinajstić information content (AvgIpc) is 2.79. The zero-order chi connectivity index (χ0) is 23.5. The molecule has 0 spiro atoms. The predicted octanol–water partition coefficient (Wildman–Crippen LogP) is 7.25. The number of aryl methyl sites for hydroxylation is 1. The first kappa shape index (κ1) is 24.0. The number of ether oxygens (including phenoxy) is 1. The standard InChI is InChI=1S/C24H17Br2Cl2N3O2/c1-2-22-30-21-8-5-16(25)10-19(21)24(32)31(22)29-12-15-9-18(28)11-20(26)23(15)33-13-14-3-6-17(27)7-4-14/h3-12H,2,13H2,1H3. The topological polar surface area (TPSA) is 56.5 Å². The predicted molar refractivity (Wildman–Crippen MR) is 141 cm³/mol. The lowest BCUT2D eigenvalue weighted by Gasteiger charge is -2.13. The van der Waals surface area contributed by atoms with Gasteiger partial charge in [-0.15, -0.1) is 0 Å². The Kier molecular flexibility index (Phi) is 7.54. The first-order valence-corrected chi connectivity index (χ1v) is 12.3. The van der Waals surface area contributed by atoms with Crippen LogP contribution in [0.2, 0.25) is 10.0 Å². The first-order valence-electron chi connectivity index (χ1n) is 9.97. The summed E-state index contributed by atoms with van der Waals surface area (Å²) in [5, 5.41) is 6.10. The van der Waals surface area contributed by atoms with E-state index in [4.69, 9.17) is 27.9 Å². The SMILES string of the molecule is CCc1nc2ccc(Br)cc2c(=O)n1N=Cc1cc(Cl)cc(Br)c1OCc1ccc(Cl)cc1. The third-order valence-electron chi connectivity index (χ3n) is 4.84. The van der Waals surface area contributed by atoms with E-state index in [1.165, 1.54) is 4.68 Å². The van der Waals surface area contributed by atoms with E-state index in [-0.39, 0.29) is 5.56 Å². The van der Waals surface area contributed by atoms with Crippen molar-refractivity contribution in [1.29, 1.82) is 0 Å². The summed E-state index contributed by atoms with van der Waals surface area (Å²) in [4.78, 5) is 17.7. The number of hydrogen-bond acceptors (Lipinski definition) is 4. The van der Waals surface area contributed by atoms with Crippen LogP contribution in [0.3, 0.4) is 0 Å². The molecule has 0 saturated carbocycles. The molecule has 1 aromatic heterocycles. The molecule has 0 saturated heterocycles. The molecule has 3 aromatic carbocycles. The van der Waals surface area contributed by atoms with Gasteiger partial charge in [0.2, 0.25) is 0 Å². The molecule has 4 rings (SSSR count). The van der Waals surface area contributed by atoms with Gasteiger partial charge in [-0.2, -0.15) is 9.78 Å². The van der Waals surface area contributed by atoms with Crippen LogP contribution in [0, 0.1) is 0 Å². The lowest BCUT2D eigenvalue weighted by Crippen LogP contribution is -2.22. The minimum absolute atomic E-state index is 0.251. The maximum Gasteiger partial charge on any atom is 0.282 e. The normalized spacial score (nSPS) is 11.4. The van der Waals surface area contributed by atoms with Crippen molar-refractivity contribution in [3.05, 3.63) is 101 Å². The molecule has 0 bridgehead atoms. The van der Waals surface area contributed by atoms with Gasteiger partial charge in [-0.1, -0.05) is 58.2 Å². The number of aromatic nitrogens is 2. The van der Waals surface area contributed by atoms with E-state index in [1.807, 2.05) is 43.3 Å². The van der Waals surface area contributed by atoms with Crippen LogP contribution in [0.15, 0.2) is 73.4 Å². The molecule has 0 amide bonds. The summed E-state index contributed by atoms with van der Waals surface area (Å²) < 4.78 is 8.84. The Hall–Kier alpha value is -2.19. The van der Waals surface area contributed by atoms with E-state index in [0.29, 0.717) is 55.6 Å². The molecule has 1 heterocycles. The second-order valence-corrected chi connectivity index (χ2v) is 9.77. The Morgan fingerprint density at radius 2 is 1.82 bits per heavy atom. The second kappa shape index (κ2) is 10.4. The van der Waals surface area contributed by atoms with Gasteiger partial charge in [0.25, 0.3) is 5.56 Å². The third kappa shape index (κ3) is 5.49. The highest BCUT2D eigenvalue weighted by Gasteiger charge is 2.12. The Morgan fingerprint density at radius 1 is 1.06 bits per heavy atom. The van der Waals surface area contributed by atoms with Gasteiger partial charge in [-0.3, -0.25) is 4.79 Å². The molecule has 168 valence electrons. The molecule has 0 aliphatic carbocycles. The van der Waals surface area contributed by atoms with Gasteiger partial charge in [-0.05, 0) is 64.0 Å². The van der Waals surface area contributed by atoms with Gasteiger partial charge in [0.1, 0.15) is 18.2 Å². The van der Waals surface area contributed by atoms with Crippen molar-refractivity contribution in [2.45, 2.75) is 20.0 Å². The van der Waals surface area contributed by atoms with E-state index >= 15 is 0 Å². The molecule has 9 heteroatoms. The van der Waals surface area contributed by atoms with Gasteiger partial charge in [0, 0.05) is 26.5 Å². The third-order valence-corrected chi connectivity index (χ3v) is 6.39. The monoisotopic (exact) mass is 607 g/mol. The fourth-order valence-corrected chi connectivity index (χ4v) is 4.66. The highest BCUT2D eigenvalue weighted by atomic mass is 79.9. The number of halogens is 4. The molecule has 33 heavy (non-hydrogen) atoms. The number of hydrogen-bond donors (Lipinski definition) is 0. The van der Waals surface area contributed by atoms with Gasteiger partial charge >= 0.3 is 0 Å². The summed E-state index contributed by atoms with van der Waals surface area (Å²) in [6.45, 7) is 2.25. The number of nitrogens with zero attached hydrogens (tertiary/aromatic N) is 3. The summed E-state index contributed by atoms with van der Waals surface area (Å²) in [5.41, 5.74) is 1.95. The van der Waals surface area contributed by atoms with Crippen LogP contribution >= 0.6 is 55.1 Å². The maximum absolute atomic E-state index is 13.1. The van der Waals surface area contributed by atoms with E-state index in [2.05, 4.69) is 41.9 Å². The quantitative estimate of drug-likeness (QED) is 0.216.